The number of hydrogen-bond acceptors (Lipinski definition) is 2. The first-order chi connectivity index (χ1) is 8.69. The standard InChI is InChI=1S/C15H22BrNO/c1-3-11(2)10-18-15-7-4-13(16)8-12(15)9-17-14-5-6-14/h4,7-8,11,14,17H,3,5-6,9-10H2,1-2H3. The molecular weight excluding hydrogens is 290 g/mol. The second-order valence-electron chi connectivity index (χ2n) is 5.23. The molecule has 1 unspecified atom stereocenters. The molecular formula is C15H22BrNO. The van der Waals surface area contributed by atoms with Crippen LogP contribution in [0.3, 0.4) is 0 Å². The predicted molar refractivity (Wildman–Crippen MR) is 79.0 cm³/mol. The van der Waals surface area contributed by atoms with Gasteiger partial charge in [0.15, 0.2) is 0 Å². The molecule has 0 radical (unpaired) electrons. The number of benzene rings is 1. The third-order valence-corrected chi connectivity index (χ3v) is 3.89. The summed E-state index contributed by atoms with van der Waals surface area (Å²) in [4.78, 5) is 0. The fraction of sp³-hybridized carbons (Fsp3) is 0.600. The first kappa shape index (κ1) is 13.9. The quantitative estimate of drug-likeness (QED) is 0.817. The molecule has 1 fully saturated rings. The summed E-state index contributed by atoms with van der Waals surface area (Å²) < 4.78 is 7.05. The summed E-state index contributed by atoms with van der Waals surface area (Å²) in [6.45, 7) is 6.13. The molecule has 1 aromatic carbocycles. The number of nitrogens with one attached hydrogen (secondary N) is 1. The van der Waals surface area contributed by atoms with Crippen LogP contribution >= 0.6 is 15.9 Å². The van der Waals surface area contributed by atoms with Gasteiger partial charge in [0.1, 0.15) is 5.75 Å². The van der Waals surface area contributed by atoms with E-state index in [0.29, 0.717) is 5.92 Å². The lowest BCUT2D eigenvalue weighted by atomic mass is 10.1. The first-order valence-electron chi connectivity index (χ1n) is 6.83. The van der Waals surface area contributed by atoms with E-state index in [1.165, 1.54) is 18.4 Å². The maximum Gasteiger partial charge on any atom is 0.123 e. The van der Waals surface area contributed by atoms with E-state index in [2.05, 4.69) is 47.2 Å². The van der Waals surface area contributed by atoms with Gasteiger partial charge in [-0.05, 0) is 37.0 Å². The molecule has 0 heterocycles. The average Bonchev–Trinajstić information content (AvgIpc) is 3.18. The Morgan fingerprint density at radius 2 is 2.22 bits per heavy atom. The highest BCUT2D eigenvalue weighted by atomic mass is 79.9. The zero-order valence-electron chi connectivity index (χ0n) is 11.2. The van der Waals surface area contributed by atoms with Gasteiger partial charge < -0.3 is 10.1 Å². The molecule has 0 saturated heterocycles. The SMILES string of the molecule is CCC(C)COc1ccc(Br)cc1CNC1CC1. The summed E-state index contributed by atoms with van der Waals surface area (Å²) in [5.41, 5.74) is 1.25. The summed E-state index contributed by atoms with van der Waals surface area (Å²) in [7, 11) is 0. The minimum absolute atomic E-state index is 0.609. The normalized spacial score (nSPS) is 16.6. The molecule has 1 saturated carbocycles. The Labute approximate surface area is 118 Å². The minimum Gasteiger partial charge on any atom is -0.493 e. The Balaban J connectivity index is 1.97. The van der Waals surface area contributed by atoms with Crippen LogP contribution in [0.25, 0.3) is 0 Å². The number of rotatable bonds is 7. The summed E-state index contributed by atoms with van der Waals surface area (Å²) in [5.74, 6) is 1.63. The fourth-order valence-electron chi connectivity index (χ4n) is 1.72. The van der Waals surface area contributed by atoms with Gasteiger partial charge in [-0.2, -0.15) is 0 Å². The van der Waals surface area contributed by atoms with Crippen LogP contribution in [0.5, 0.6) is 5.75 Å². The monoisotopic (exact) mass is 311 g/mol. The van der Waals surface area contributed by atoms with E-state index in [1.54, 1.807) is 0 Å². The second-order valence-corrected chi connectivity index (χ2v) is 6.15. The summed E-state index contributed by atoms with van der Waals surface area (Å²) in [6, 6.07) is 7.00. The van der Waals surface area contributed by atoms with Gasteiger partial charge in [-0.15, -0.1) is 0 Å². The van der Waals surface area contributed by atoms with Crippen molar-refractivity contribution in [3.8, 4) is 5.75 Å². The molecule has 0 bridgehead atoms. The van der Waals surface area contributed by atoms with Crippen molar-refractivity contribution in [2.45, 2.75) is 45.7 Å². The van der Waals surface area contributed by atoms with Gasteiger partial charge in [0.2, 0.25) is 0 Å². The molecule has 2 rings (SSSR count). The molecule has 1 aliphatic carbocycles. The lowest BCUT2D eigenvalue weighted by Gasteiger charge is -2.15. The molecule has 18 heavy (non-hydrogen) atoms. The van der Waals surface area contributed by atoms with Crippen LogP contribution in [-0.2, 0) is 6.54 Å². The van der Waals surface area contributed by atoms with Crippen molar-refractivity contribution < 1.29 is 4.74 Å². The van der Waals surface area contributed by atoms with E-state index in [0.717, 1.165) is 35.8 Å². The Bertz CT molecular complexity index is 390. The van der Waals surface area contributed by atoms with Crippen LogP contribution in [0.2, 0.25) is 0 Å². The molecule has 1 aliphatic rings. The van der Waals surface area contributed by atoms with Crippen LogP contribution in [0, 0.1) is 5.92 Å². The first-order valence-corrected chi connectivity index (χ1v) is 7.63. The van der Waals surface area contributed by atoms with Crippen molar-refractivity contribution in [3.63, 3.8) is 0 Å². The van der Waals surface area contributed by atoms with Gasteiger partial charge in [-0.3, -0.25) is 0 Å². The van der Waals surface area contributed by atoms with Crippen LogP contribution < -0.4 is 10.1 Å². The molecule has 0 amide bonds. The van der Waals surface area contributed by atoms with Crippen molar-refractivity contribution >= 4 is 15.9 Å². The van der Waals surface area contributed by atoms with E-state index >= 15 is 0 Å². The fourth-order valence-corrected chi connectivity index (χ4v) is 2.13. The summed E-state index contributed by atoms with van der Waals surface area (Å²) in [6.07, 6.45) is 3.79. The molecule has 2 nitrogen and oxygen atoms in total. The van der Waals surface area contributed by atoms with Crippen molar-refractivity contribution in [3.05, 3.63) is 28.2 Å². The molecule has 3 heteroatoms. The number of ether oxygens (including phenoxy) is 1. The highest BCUT2D eigenvalue weighted by molar-refractivity contribution is 9.10. The lowest BCUT2D eigenvalue weighted by Crippen LogP contribution is -2.17. The van der Waals surface area contributed by atoms with E-state index in [1.807, 2.05) is 6.07 Å². The van der Waals surface area contributed by atoms with Crippen LogP contribution in [0.15, 0.2) is 22.7 Å². The maximum absolute atomic E-state index is 5.94. The highest BCUT2D eigenvalue weighted by Crippen LogP contribution is 2.26. The van der Waals surface area contributed by atoms with E-state index in [4.69, 9.17) is 4.74 Å². The number of hydrogen-bond donors (Lipinski definition) is 1. The topological polar surface area (TPSA) is 21.3 Å². The van der Waals surface area contributed by atoms with E-state index < -0.39 is 0 Å². The smallest absolute Gasteiger partial charge is 0.123 e. The maximum atomic E-state index is 5.94. The van der Waals surface area contributed by atoms with Crippen molar-refractivity contribution in [2.24, 2.45) is 5.92 Å². The average molecular weight is 312 g/mol. The molecule has 0 aromatic heterocycles. The summed E-state index contributed by atoms with van der Waals surface area (Å²) >= 11 is 3.53. The van der Waals surface area contributed by atoms with Crippen LogP contribution in [0.4, 0.5) is 0 Å². The second kappa shape index (κ2) is 6.58. The van der Waals surface area contributed by atoms with E-state index in [-0.39, 0.29) is 0 Å². The molecule has 0 aliphatic heterocycles. The van der Waals surface area contributed by atoms with Gasteiger partial charge in [-0.25, -0.2) is 0 Å². The Hall–Kier alpha value is -0.540. The largest absolute Gasteiger partial charge is 0.493 e. The Morgan fingerprint density at radius 3 is 2.89 bits per heavy atom. The highest BCUT2D eigenvalue weighted by Gasteiger charge is 2.20. The van der Waals surface area contributed by atoms with Crippen LogP contribution in [-0.4, -0.2) is 12.6 Å². The zero-order chi connectivity index (χ0) is 13.0. The molecule has 1 aromatic rings. The molecule has 0 spiro atoms. The van der Waals surface area contributed by atoms with Crippen LogP contribution in [0.1, 0.15) is 38.7 Å². The molecule has 100 valence electrons. The predicted octanol–water partition coefficient (Wildman–Crippen LogP) is 4.13. The van der Waals surface area contributed by atoms with Gasteiger partial charge in [0.25, 0.3) is 0 Å². The third kappa shape index (κ3) is 4.29. The van der Waals surface area contributed by atoms with Gasteiger partial charge >= 0.3 is 0 Å². The summed E-state index contributed by atoms with van der Waals surface area (Å²) in [5, 5.41) is 3.54. The van der Waals surface area contributed by atoms with Gasteiger partial charge in [0.05, 0.1) is 6.61 Å². The van der Waals surface area contributed by atoms with Gasteiger partial charge in [-0.1, -0.05) is 36.2 Å². The zero-order valence-corrected chi connectivity index (χ0v) is 12.8. The van der Waals surface area contributed by atoms with Gasteiger partial charge in [0, 0.05) is 22.6 Å². The van der Waals surface area contributed by atoms with Crippen molar-refractivity contribution in [1.82, 2.24) is 5.32 Å². The van der Waals surface area contributed by atoms with Crippen molar-refractivity contribution in [2.75, 3.05) is 6.61 Å². The lowest BCUT2D eigenvalue weighted by molar-refractivity contribution is 0.254. The Morgan fingerprint density at radius 1 is 1.44 bits per heavy atom. The Kier molecular flexibility index (Phi) is 5.07. The third-order valence-electron chi connectivity index (χ3n) is 3.40. The molecule has 1 atom stereocenters. The molecule has 1 N–H and O–H groups in total. The van der Waals surface area contributed by atoms with E-state index in [9.17, 15) is 0 Å². The van der Waals surface area contributed by atoms with Crippen molar-refractivity contribution in [1.29, 1.82) is 0 Å². The number of halogens is 1. The minimum atomic E-state index is 0.609.